The molecule has 4 heteroatoms. The minimum atomic E-state index is 0.149. The van der Waals surface area contributed by atoms with Crippen LogP contribution in [0.25, 0.3) is 0 Å². The number of rotatable bonds is 1. The Morgan fingerprint density at radius 2 is 2.06 bits per heavy atom. The molecule has 1 fully saturated rings. The highest BCUT2D eigenvalue weighted by molar-refractivity contribution is 5.36. The fourth-order valence-electron chi connectivity index (χ4n) is 2.64. The van der Waals surface area contributed by atoms with Gasteiger partial charge in [0.05, 0.1) is 5.69 Å². The first kappa shape index (κ1) is 10.0. The normalized spacial score (nSPS) is 24.6. The van der Waals surface area contributed by atoms with Crippen LogP contribution in [0.15, 0.2) is 6.20 Å². The highest BCUT2D eigenvalue weighted by Crippen LogP contribution is 2.27. The maximum Gasteiger partial charge on any atom is 0.225 e. The van der Waals surface area contributed by atoms with Gasteiger partial charge in [-0.2, -0.15) is 0 Å². The van der Waals surface area contributed by atoms with Crippen molar-refractivity contribution < 1.29 is 0 Å². The van der Waals surface area contributed by atoms with Crippen molar-refractivity contribution in [2.45, 2.75) is 38.1 Å². The van der Waals surface area contributed by atoms with Crippen molar-refractivity contribution in [3.05, 3.63) is 17.5 Å². The van der Waals surface area contributed by atoms with Gasteiger partial charge in [0.1, 0.15) is 0 Å². The fourth-order valence-corrected chi connectivity index (χ4v) is 2.64. The molecule has 0 amide bonds. The van der Waals surface area contributed by atoms with E-state index in [1.165, 1.54) is 18.5 Å². The van der Waals surface area contributed by atoms with Gasteiger partial charge >= 0.3 is 0 Å². The summed E-state index contributed by atoms with van der Waals surface area (Å²) in [7, 11) is 0. The van der Waals surface area contributed by atoms with Crippen molar-refractivity contribution in [3.8, 4) is 0 Å². The molecule has 2 heterocycles. The van der Waals surface area contributed by atoms with Crippen LogP contribution in [-0.4, -0.2) is 23.1 Å². The Labute approximate surface area is 95.9 Å². The second-order valence-corrected chi connectivity index (χ2v) is 4.76. The van der Waals surface area contributed by atoms with Crippen LogP contribution in [0.4, 0.5) is 5.95 Å². The summed E-state index contributed by atoms with van der Waals surface area (Å²) in [5, 5.41) is 0. The maximum atomic E-state index is 6.06. The first-order chi connectivity index (χ1) is 7.84. The summed E-state index contributed by atoms with van der Waals surface area (Å²) < 4.78 is 0. The molecule has 86 valence electrons. The third kappa shape index (κ3) is 1.67. The molecule has 1 aliphatic carbocycles. The Morgan fingerprint density at radius 3 is 2.88 bits per heavy atom. The third-order valence-corrected chi connectivity index (χ3v) is 3.60. The molecule has 1 saturated heterocycles. The first-order valence-corrected chi connectivity index (χ1v) is 6.21. The first-order valence-electron chi connectivity index (χ1n) is 6.21. The topological polar surface area (TPSA) is 55.0 Å². The lowest BCUT2D eigenvalue weighted by atomic mass is 9.93. The Kier molecular flexibility index (Phi) is 2.52. The summed E-state index contributed by atoms with van der Waals surface area (Å²) in [6.45, 7) is 2.20. The monoisotopic (exact) mass is 218 g/mol. The molecule has 0 spiro atoms. The lowest BCUT2D eigenvalue weighted by Crippen LogP contribution is -2.24. The molecule has 2 aliphatic rings. The van der Waals surface area contributed by atoms with Gasteiger partial charge in [0.15, 0.2) is 0 Å². The quantitative estimate of drug-likeness (QED) is 0.774. The van der Waals surface area contributed by atoms with Crippen molar-refractivity contribution in [2.75, 3.05) is 18.0 Å². The standard InChI is InChI=1S/C12H18N4/c13-10-4-3-5-11-9(10)8-14-12(15-11)16-6-1-2-7-16/h8,10H,1-7,13H2. The van der Waals surface area contributed by atoms with Crippen LogP contribution in [0, 0.1) is 0 Å². The molecule has 3 rings (SSSR count). The minimum Gasteiger partial charge on any atom is -0.341 e. The number of aromatic nitrogens is 2. The third-order valence-electron chi connectivity index (χ3n) is 3.60. The molecule has 16 heavy (non-hydrogen) atoms. The number of hydrogen-bond donors (Lipinski definition) is 1. The van der Waals surface area contributed by atoms with E-state index in [0.29, 0.717) is 0 Å². The smallest absolute Gasteiger partial charge is 0.225 e. The molecule has 1 aromatic rings. The molecule has 1 atom stereocenters. The van der Waals surface area contributed by atoms with Crippen molar-refractivity contribution in [1.29, 1.82) is 0 Å². The molecule has 2 N–H and O–H groups in total. The van der Waals surface area contributed by atoms with E-state index in [9.17, 15) is 0 Å². The average molecular weight is 218 g/mol. The predicted molar refractivity (Wildman–Crippen MR) is 63.3 cm³/mol. The van der Waals surface area contributed by atoms with Gasteiger partial charge in [0.2, 0.25) is 5.95 Å². The molecule has 0 saturated carbocycles. The summed E-state index contributed by atoms with van der Waals surface area (Å²) in [5.41, 5.74) is 8.39. The van der Waals surface area contributed by atoms with Crippen LogP contribution >= 0.6 is 0 Å². The Hall–Kier alpha value is -1.16. The summed E-state index contributed by atoms with van der Waals surface area (Å²) in [6.07, 6.45) is 7.76. The van der Waals surface area contributed by atoms with Crippen LogP contribution in [0.5, 0.6) is 0 Å². The Morgan fingerprint density at radius 1 is 1.25 bits per heavy atom. The summed E-state index contributed by atoms with van der Waals surface area (Å²) in [4.78, 5) is 11.4. The zero-order chi connectivity index (χ0) is 11.0. The van der Waals surface area contributed by atoms with Gasteiger partial charge in [0, 0.05) is 30.9 Å². The zero-order valence-electron chi connectivity index (χ0n) is 9.52. The number of anilines is 1. The molecule has 1 unspecified atom stereocenters. The second-order valence-electron chi connectivity index (χ2n) is 4.76. The van der Waals surface area contributed by atoms with Gasteiger partial charge < -0.3 is 10.6 Å². The second kappa shape index (κ2) is 4.01. The van der Waals surface area contributed by atoms with E-state index in [2.05, 4.69) is 14.9 Å². The predicted octanol–water partition coefficient (Wildman–Crippen LogP) is 1.41. The van der Waals surface area contributed by atoms with Crippen molar-refractivity contribution in [2.24, 2.45) is 5.73 Å². The molecule has 1 aliphatic heterocycles. The van der Waals surface area contributed by atoms with Crippen LogP contribution in [0.3, 0.4) is 0 Å². The largest absolute Gasteiger partial charge is 0.341 e. The summed E-state index contributed by atoms with van der Waals surface area (Å²) >= 11 is 0. The fraction of sp³-hybridized carbons (Fsp3) is 0.667. The van der Waals surface area contributed by atoms with E-state index < -0.39 is 0 Å². The summed E-state index contributed by atoms with van der Waals surface area (Å²) in [6, 6.07) is 0.149. The van der Waals surface area contributed by atoms with Crippen LogP contribution in [0.1, 0.15) is 43.0 Å². The van der Waals surface area contributed by atoms with Crippen molar-refractivity contribution in [3.63, 3.8) is 0 Å². The zero-order valence-corrected chi connectivity index (χ0v) is 9.52. The van der Waals surface area contributed by atoms with Crippen LogP contribution in [-0.2, 0) is 6.42 Å². The number of aryl methyl sites for hydroxylation is 1. The Balaban J connectivity index is 1.91. The SMILES string of the molecule is NC1CCCc2nc(N3CCCC3)ncc21. The number of fused-ring (bicyclic) bond motifs is 1. The van der Waals surface area contributed by atoms with E-state index >= 15 is 0 Å². The van der Waals surface area contributed by atoms with E-state index in [1.54, 1.807) is 0 Å². The maximum absolute atomic E-state index is 6.06. The van der Waals surface area contributed by atoms with E-state index in [-0.39, 0.29) is 6.04 Å². The molecule has 0 radical (unpaired) electrons. The van der Waals surface area contributed by atoms with Gasteiger partial charge in [-0.3, -0.25) is 0 Å². The number of nitrogens with two attached hydrogens (primary N) is 1. The average Bonchev–Trinajstić information content (AvgIpc) is 2.82. The molecular weight excluding hydrogens is 200 g/mol. The van der Waals surface area contributed by atoms with E-state index in [4.69, 9.17) is 5.73 Å². The summed E-state index contributed by atoms with van der Waals surface area (Å²) in [5.74, 6) is 0.908. The molecule has 0 aromatic carbocycles. The van der Waals surface area contributed by atoms with Gasteiger partial charge in [-0.15, -0.1) is 0 Å². The van der Waals surface area contributed by atoms with Crippen molar-refractivity contribution >= 4 is 5.95 Å². The number of hydrogen-bond acceptors (Lipinski definition) is 4. The van der Waals surface area contributed by atoms with Gasteiger partial charge in [-0.25, -0.2) is 9.97 Å². The minimum absolute atomic E-state index is 0.149. The lowest BCUT2D eigenvalue weighted by Gasteiger charge is -2.23. The molecule has 0 bridgehead atoms. The molecular formula is C12H18N4. The van der Waals surface area contributed by atoms with Gasteiger partial charge in [-0.1, -0.05) is 0 Å². The van der Waals surface area contributed by atoms with Crippen molar-refractivity contribution in [1.82, 2.24) is 9.97 Å². The van der Waals surface area contributed by atoms with E-state index in [0.717, 1.165) is 43.9 Å². The molecule has 4 nitrogen and oxygen atoms in total. The Bertz CT molecular complexity index is 385. The highest BCUT2D eigenvalue weighted by Gasteiger charge is 2.21. The van der Waals surface area contributed by atoms with Crippen LogP contribution < -0.4 is 10.6 Å². The van der Waals surface area contributed by atoms with Gasteiger partial charge in [-0.05, 0) is 32.1 Å². The van der Waals surface area contributed by atoms with E-state index in [1.807, 2.05) is 6.20 Å². The number of nitrogens with zero attached hydrogens (tertiary/aromatic N) is 3. The van der Waals surface area contributed by atoms with Gasteiger partial charge in [0.25, 0.3) is 0 Å². The lowest BCUT2D eigenvalue weighted by molar-refractivity contribution is 0.556. The van der Waals surface area contributed by atoms with Crippen LogP contribution in [0.2, 0.25) is 0 Å². The molecule has 1 aromatic heterocycles. The highest BCUT2D eigenvalue weighted by atomic mass is 15.3.